The molecule has 0 amide bonds. The van der Waals surface area contributed by atoms with Gasteiger partial charge in [0.25, 0.3) is 0 Å². The van der Waals surface area contributed by atoms with E-state index in [1.165, 1.54) is 60.3 Å². The third-order valence-corrected chi connectivity index (χ3v) is 6.20. The van der Waals surface area contributed by atoms with Gasteiger partial charge in [0, 0.05) is 11.1 Å². The fraction of sp³-hybridized carbons (Fsp3) is 0.458. The number of benzene rings is 2. The van der Waals surface area contributed by atoms with Crippen LogP contribution in [-0.2, 0) is 13.0 Å². The van der Waals surface area contributed by atoms with Gasteiger partial charge in [-0.25, -0.2) is 0 Å². The molecule has 1 spiro atoms. The van der Waals surface area contributed by atoms with Gasteiger partial charge in [-0.15, -0.1) is 0 Å². The molecule has 1 saturated carbocycles. The smallest absolute Gasteiger partial charge is 0.108 e. The first-order valence-electron chi connectivity index (χ1n) is 10.2. The summed E-state index contributed by atoms with van der Waals surface area (Å²) in [5.41, 5.74) is 5.71. The first-order valence-corrected chi connectivity index (χ1v) is 10.2. The number of nitrogens with one attached hydrogen (secondary N) is 1. The van der Waals surface area contributed by atoms with Gasteiger partial charge in [-0.05, 0) is 47.9 Å². The Balaban J connectivity index is 1.68. The Morgan fingerprint density at radius 1 is 0.962 bits per heavy atom. The van der Waals surface area contributed by atoms with E-state index >= 15 is 0 Å². The van der Waals surface area contributed by atoms with Crippen molar-refractivity contribution in [2.45, 2.75) is 64.8 Å². The standard InChI is InChI=1S/C24H30N2/c1-18(2)21-12-6-4-11-20(21)17-25-23-24(14-8-3-9-15-24)16-19-10-5-7-13-22(19)26-23/h4-7,10-13,18H,3,8-9,14-17H2,1-2H3,(H,25,26). The van der Waals surface area contributed by atoms with Crippen molar-refractivity contribution >= 4 is 11.5 Å². The first-order chi connectivity index (χ1) is 12.7. The quantitative estimate of drug-likeness (QED) is 0.690. The molecule has 136 valence electrons. The molecular weight excluding hydrogens is 316 g/mol. The van der Waals surface area contributed by atoms with Crippen LogP contribution in [0, 0.1) is 5.41 Å². The molecule has 1 aliphatic carbocycles. The second-order valence-corrected chi connectivity index (χ2v) is 8.32. The Kier molecular flexibility index (Phi) is 4.84. The van der Waals surface area contributed by atoms with Crippen molar-refractivity contribution in [3.8, 4) is 0 Å². The molecule has 2 aromatic rings. The number of amidine groups is 1. The molecule has 2 aliphatic rings. The summed E-state index contributed by atoms with van der Waals surface area (Å²) >= 11 is 0. The Bertz CT molecular complexity index is 797. The van der Waals surface area contributed by atoms with Crippen molar-refractivity contribution in [1.82, 2.24) is 0 Å². The summed E-state index contributed by atoms with van der Waals surface area (Å²) in [5.74, 6) is 1.77. The van der Waals surface area contributed by atoms with E-state index in [2.05, 4.69) is 67.7 Å². The van der Waals surface area contributed by atoms with Crippen molar-refractivity contribution in [2.75, 3.05) is 5.32 Å². The molecule has 0 unspecified atom stereocenters. The summed E-state index contributed by atoms with van der Waals surface area (Å²) in [6, 6.07) is 17.5. The highest BCUT2D eigenvalue weighted by Gasteiger charge is 2.40. The van der Waals surface area contributed by atoms with Crippen molar-refractivity contribution in [1.29, 1.82) is 0 Å². The van der Waals surface area contributed by atoms with Crippen LogP contribution in [-0.4, -0.2) is 5.84 Å². The number of fused-ring (bicyclic) bond motifs is 1. The lowest BCUT2D eigenvalue weighted by Crippen LogP contribution is -2.43. The van der Waals surface area contributed by atoms with E-state index in [1.807, 2.05) is 0 Å². The summed E-state index contributed by atoms with van der Waals surface area (Å²) in [7, 11) is 0. The van der Waals surface area contributed by atoms with Crippen LogP contribution in [0.15, 0.2) is 53.5 Å². The summed E-state index contributed by atoms with van der Waals surface area (Å²) in [4.78, 5) is 5.18. The molecule has 0 aromatic heterocycles. The maximum atomic E-state index is 5.18. The van der Waals surface area contributed by atoms with E-state index in [0.717, 1.165) is 13.0 Å². The van der Waals surface area contributed by atoms with Crippen molar-refractivity contribution in [3.63, 3.8) is 0 Å². The van der Waals surface area contributed by atoms with Crippen LogP contribution in [0.1, 0.15) is 68.6 Å². The summed E-state index contributed by atoms with van der Waals surface area (Å²) in [6.07, 6.45) is 7.68. The zero-order chi connectivity index (χ0) is 18.0. The minimum absolute atomic E-state index is 0.222. The van der Waals surface area contributed by atoms with Crippen LogP contribution < -0.4 is 5.32 Å². The lowest BCUT2D eigenvalue weighted by molar-refractivity contribution is 0.278. The molecular formula is C24H30N2. The molecule has 0 bridgehead atoms. The third-order valence-electron chi connectivity index (χ3n) is 6.20. The van der Waals surface area contributed by atoms with Gasteiger partial charge < -0.3 is 5.32 Å². The third kappa shape index (κ3) is 3.30. The average Bonchev–Trinajstić information content (AvgIpc) is 2.67. The minimum atomic E-state index is 0.222. The predicted octanol–water partition coefficient (Wildman–Crippen LogP) is 6.33. The minimum Gasteiger partial charge on any atom is -0.343 e. The summed E-state index contributed by atoms with van der Waals surface area (Å²) in [6.45, 7) is 5.31. The molecule has 4 rings (SSSR count). The Hall–Kier alpha value is -2.09. The molecule has 2 aromatic carbocycles. The lowest BCUT2D eigenvalue weighted by atomic mass is 9.67. The number of para-hydroxylation sites is 1. The van der Waals surface area contributed by atoms with Crippen molar-refractivity contribution in [2.24, 2.45) is 10.4 Å². The van der Waals surface area contributed by atoms with Crippen LogP contribution in [0.3, 0.4) is 0 Å². The Morgan fingerprint density at radius 2 is 1.69 bits per heavy atom. The lowest BCUT2D eigenvalue weighted by Gasteiger charge is -2.42. The van der Waals surface area contributed by atoms with Gasteiger partial charge in [-0.1, -0.05) is 75.6 Å². The van der Waals surface area contributed by atoms with Crippen molar-refractivity contribution < 1.29 is 0 Å². The highest BCUT2D eigenvalue weighted by Crippen LogP contribution is 2.45. The number of hydrogen-bond acceptors (Lipinski definition) is 1. The molecule has 2 nitrogen and oxygen atoms in total. The number of rotatable bonds is 3. The van der Waals surface area contributed by atoms with E-state index in [0.29, 0.717) is 5.92 Å². The fourth-order valence-corrected chi connectivity index (χ4v) is 4.76. The van der Waals surface area contributed by atoms with Gasteiger partial charge in [0.2, 0.25) is 0 Å². The molecule has 26 heavy (non-hydrogen) atoms. The maximum Gasteiger partial charge on any atom is 0.108 e. The molecule has 1 heterocycles. The van der Waals surface area contributed by atoms with Gasteiger partial charge in [-0.3, -0.25) is 4.99 Å². The predicted molar refractivity (Wildman–Crippen MR) is 111 cm³/mol. The zero-order valence-corrected chi connectivity index (χ0v) is 16.1. The van der Waals surface area contributed by atoms with E-state index < -0.39 is 0 Å². The Morgan fingerprint density at radius 3 is 2.50 bits per heavy atom. The summed E-state index contributed by atoms with van der Waals surface area (Å²) in [5, 5.41) is 3.73. The molecule has 1 fully saturated rings. The van der Waals surface area contributed by atoms with Gasteiger partial charge in [-0.2, -0.15) is 0 Å². The van der Waals surface area contributed by atoms with E-state index in [9.17, 15) is 0 Å². The average molecular weight is 347 g/mol. The monoisotopic (exact) mass is 346 g/mol. The molecule has 0 radical (unpaired) electrons. The largest absolute Gasteiger partial charge is 0.343 e. The number of nitrogens with zero attached hydrogens (tertiary/aromatic N) is 1. The highest BCUT2D eigenvalue weighted by molar-refractivity contribution is 6.02. The molecule has 0 saturated heterocycles. The summed E-state index contributed by atoms with van der Waals surface area (Å²) < 4.78 is 0. The normalized spacial score (nSPS) is 20.2. The van der Waals surface area contributed by atoms with Gasteiger partial charge in [0.15, 0.2) is 0 Å². The van der Waals surface area contributed by atoms with Crippen LogP contribution >= 0.6 is 0 Å². The van der Waals surface area contributed by atoms with Crippen LogP contribution in [0.25, 0.3) is 0 Å². The molecule has 1 N–H and O–H groups in total. The van der Waals surface area contributed by atoms with Crippen LogP contribution in [0.2, 0.25) is 0 Å². The maximum absolute atomic E-state index is 5.18. The second kappa shape index (κ2) is 7.26. The number of hydrogen-bond donors (Lipinski definition) is 1. The number of anilines is 1. The second-order valence-electron chi connectivity index (χ2n) is 8.32. The van der Waals surface area contributed by atoms with Crippen LogP contribution in [0.5, 0.6) is 0 Å². The molecule has 1 aliphatic heterocycles. The Labute approximate surface area is 157 Å². The van der Waals surface area contributed by atoms with Gasteiger partial charge in [0.1, 0.15) is 5.84 Å². The van der Waals surface area contributed by atoms with Gasteiger partial charge >= 0.3 is 0 Å². The van der Waals surface area contributed by atoms with E-state index in [1.54, 1.807) is 0 Å². The molecule has 0 atom stereocenters. The molecule has 2 heteroatoms. The number of aliphatic imine (C=N–C) groups is 1. The zero-order valence-electron chi connectivity index (χ0n) is 16.1. The van der Waals surface area contributed by atoms with Crippen molar-refractivity contribution in [3.05, 3.63) is 65.2 Å². The van der Waals surface area contributed by atoms with Gasteiger partial charge in [0.05, 0.1) is 6.54 Å². The van der Waals surface area contributed by atoms with E-state index in [4.69, 9.17) is 4.99 Å². The van der Waals surface area contributed by atoms with Crippen LogP contribution in [0.4, 0.5) is 5.69 Å². The van der Waals surface area contributed by atoms with E-state index in [-0.39, 0.29) is 5.41 Å². The fourth-order valence-electron chi connectivity index (χ4n) is 4.76. The topological polar surface area (TPSA) is 24.4 Å². The SMILES string of the molecule is CC(C)c1ccccc1CN=C1Nc2ccccc2CC12CCCCC2. The highest BCUT2D eigenvalue weighted by atomic mass is 15.0. The first kappa shape index (κ1) is 17.3.